The minimum Gasteiger partial charge on any atom is -0.382 e. The van der Waals surface area contributed by atoms with E-state index >= 15 is 0 Å². The first kappa shape index (κ1) is 15.3. The van der Waals surface area contributed by atoms with E-state index in [-0.39, 0.29) is 12.0 Å². The first-order valence-corrected chi connectivity index (χ1v) is 5.68. The second-order valence-electron chi connectivity index (χ2n) is 3.41. The van der Waals surface area contributed by atoms with Gasteiger partial charge in [-0.1, -0.05) is 6.92 Å². The van der Waals surface area contributed by atoms with Gasteiger partial charge in [0.15, 0.2) is 0 Å². The third kappa shape index (κ3) is 8.64. The third-order valence-corrected chi connectivity index (χ3v) is 1.92. The molecule has 0 saturated heterocycles. The number of rotatable bonds is 10. The molecule has 5 nitrogen and oxygen atoms in total. The van der Waals surface area contributed by atoms with Crippen LogP contribution >= 0.6 is 0 Å². The first-order valence-electron chi connectivity index (χ1n) is 5.68. The van der Waals surface area contributed by atoms with Crippen molar-refractivity contribution in [3.63, 3.8) is 0 Å². The number of methoxy groups -OCH3 is 1. The topological polar surface area (TPSA) is 56.8 Å². The minimum absolute atomic E-state index is 0.0937. The van der Waals surface area contributed by atoms with E-state index in [0.717, 1.165) is 6.42 Å². The standard InChI is InChI=1S/C11H23NO4/c1-4-6-16-10(2)11(13)12-5-7-15-9-8-14-3/h10H,4-9H2,1-3H3,(H,12,13). The van der Waals surface area contributed by atoms with Gasteiger partial charge < -0.3 is 19.5 Å². The Hall–Kier alpha value is -0.650. The van der Waals surface area contributed by atoms with Crippen molar-refractivity contribution in [2.24, 2.45) is 0 Å². The highest BCUT2D eigenvalue weighted by molar-refractivity contribution is 5.80. The molecule has 16 heavy (non-hydrogen) atoms. The van der Waals surface area contributed by atoms with Gasteiger partial charge >= 0.3 is 0 Å². The molecule has 0 heterocycles. The monoisotopic (exact) mass is 233 g/mol. The molecule has 1 atom stereocenters. The van der Waals surface area contributed by atoms with E-state index < -0.39 is 0 Å². The molecule has 0 fully saturated rings. The van der Waals surface area contributed by atoms with E-state index in [1.807, 2.05) is 6.92 Å². The van der Waals surface area contributed by atoms with Crippen LogP contribution in [0.2, 0.25) is 0 Å². The van der Waals surface area contributed by atoms with Crippen molar-refractivity contribution >= 4 is 5.91 Å². The van der Waals surface area contributed by atoms with Crippen molar-refractivity contribution in [2.75, 3.05) is 40.1 Å². The molecule has 5 heteroatoms. The lowest BCUT2D eigenvalue weighted by molar-refractivity contribution is -0.131. The molecular weight excluding hydrogens is 210 g/mol. The molecule has 0 saturated carbocycles. The number of hydrogen-bond acceptors (Lipinski definition) is 4. The summed E-state index contributed by atoms with van der Waals surface area (Å²) in [4.78, 5) is 11.4. The van der Waals surface area contributed by atoms with Crippen molar-refractivity contribution in [3.05, 3.63) is 0 Å². The number of carbonyl (C=O) groups is 1. The van der Waals surface area contributed by atoms with Gasteiger partial charge in [-0.15, -0.1) is 0 Å². The summed E-state index contributed by atoms with van der Waals surface area (Å²) in [5.41, 5.74) is 0. The van der Waals surface area contributed by atoms with Gasteiger partial charge in [0.05, 0.1) is 19.8 Å². The Kier molecular flexibility index (Phi) is 10.4. The van der Waals surface area contributed by atoms with Crippen LogP contribution in [0.15, 0.2) is 0 Å². The van der Waals surface area contributed by atoms with Gasteiger partial charge in [-0.05, 0) is 13.3 Å². The summed E-state index contributed by atoms with van der Waals surface area (Å²) in [6, 6.07) is 0. The van der Waals surface area contributed by atoms with Crippen molar-refractivity contribution in [2.45, 2.75) is 26.4 Å². The lowest BCUT2D eigenvalue weighted by Gasteiger charge is -2.12. The zero-order valence-corrected chi connectivity index (χ0v) is 10.5. The van der Waals surface area contributed by atoms with Crippen LogP contribution in [0.25, 0.3) is 0 Å². The Morgan fingerprint density at radius 2 is 2.00 bits per heavy atom. The van der Waals surface area contributed by atoms with E-state index in [1.165, 1.54) is 0 Å². The molecule has 1 N–H and O–H groups in total. The lowest BCUT2D eigenvalue weighted by atomic mass is 10.3. The van der Waals surface area contributed by atoms with E-state index in [1.54, 1.807) is 14.0 Å². The number of carbonyl (C=O) groups excluding carboxylic acids is 1. The minimum atomic E-state index is -0.390. The predicted molar refractivity (Wildman–Crippen MR) is 61.4 cm³/mol. The fraction of sp³-hybridized carbons (Fsp3) is 0.909. The maximum atomic E-state index is 11.4. The van der Waals surface area contributed by atoms with Crippen molar-refractivity contribution in [1.82, 2.24) is 5.32 Å². The van der Waals surface area contributed by atoms with Gasteiger partial charge in [-0.25, -0.2) is 0 Å². The Labute approximate surface area is 97.4 Å². The molecule has 0 radical (unpaired) electrons. The maximum absolute atomic E-state index is 11.4. The van der Waals surface area contributed by atoms with Gasteiger partial charge in [0.25, 0.3) is 0 Å². The Morgan fingerprint density at radius 1 is 1.25 bits per heavy atom. The van der Waals surface area contributed by atoms with Crippen molar-refractivity contribution < 1.29 is 19.0 Å². The molecule has 0 aromatic heterocycles. The predicted octanol–water partition coefficient (Wildman–Crippen LogP) is 0.581. The van der Waals surface area contributed by atoms with E-state index in [0.29, 0.717) is 33.0 Å². The smallest absolute Gasteiger partial charge is 0.248 e. The van der Waals surface area contributed by atoms with Gasteiger partial charge in [0, 0.05) is 20.3 Å². The SMILES string of the molecule is CCCOC(C)C(=O)NCCOCCOC. The average Bonchev–Trinajstić information content (AvgIpc) is 2.30. The summed E-state index contributed by atoms with van der Waals surface area (Å²) in [5, 5.41) is 2.74. The van der Waals surface area contributed by atoms with Gasteiger partial charge in [0.2, 0.25) is 5.91 Å². The molecule has 0 bridgehead atoms. The second kappa shape index (κ2) is 10.9. The average molecular weight is 233 g/mol. The quantitative estimate of drug-likeness (QED) is 0.561. The van der Waals surface area contributed by atoms with Crippen LogP contribution in [0.5, 0.6) is 0 Å². The summed E-state index contributed by atoms with van der Waals surface area (Å²) >= 11 is 0. The van der Waals surface area contributed by atoms with Gasteiger partial charge in [-0.2, -0.15) is 0 Å². The first-order chi connectivity index (χ1) is 7.72. The van der Waals surface area contributed by atoms with Crippen LogP contribution in [0.3, 0.4) is 0 Å². The molecule has 0 aliphatic rings. The Bertz CT molecular complexity index is 175. The molecule has 1 amide bonds. The summed E-state index contributed by atoms with van der Waals surface area (Å²) in [5.74, 6) is -0.0937. The Morgan fingerprint density at radius 3 is 2.62 bits per heavy atom. The van der Waals surface area contributed by atoms with Crippen molar-refractivity contribution in [3.8, 4) is 0 Å². The van der Waals surface area contributed by atoms with Gasteiger partial charge in [0.1, 0.15) is 6.10 Å². The van der Waals surface area contributed by atoms with Gasteiger partial charge in [-0.3, -0.25) is 4.79 Å². The summed E-state index contributed by atoms with van der Waals surface area (Å²) < 4.78 is 15.3. The highest BCUT2D eigenvalue weighted by Crippen LogP contribution is 1.92. The Balaban J connectivity index is 3.35. The molecule has 0 aromatic carbocycles. The molecule has 0 rings (SSSR count). The van der Waals surface area contributed by atoms with Crippen LogP contribution in [-0.2, 0) is 19.0 Å². The zero-order valence-electron chi connectivity index (χ0n) is 10.5. The van der Waals surface area contributed by atoms with Crippen LogP contribution in [0, 0.1) is 0 Å². The van der Waals surface area contributed by atoms with Crippen LogP contribution in [0.4, 0.5) is 0 Å². The van der Waals surface area contributed by atoms with Crippen LogP contribution < -0.4 is 5.32 Å². The molecule has 0 aromatic rings. The lowest BCUT2D eigenvalue weighted by Crippen LogP contribution is -2.36. The maximum Gasteiger partial charge on any atom is 0.248 e. The molecule has 0 spiro atoms. The second-order valence-corrected chi connectivity index (χ2v) is 3.41. The fourth-order valence-corrected chi connectivity index (χ4v) is 1.00. The highest BCUT2D eigenvalue weighted by Gasteiger charge is 2.11. The molecule has 0 aliphatic carbocycles. The summed E-state index contributed by atoms with van der Waals surface area (Å²) in [6.07, 6.45) is 0.525. The summed E-state index contributed by atoms with van der Waals surface area (Å²) in [6.45, 7) is 6.49. The van der Waals surface area contributed by atoms with E-state index in [9.17, 15) is 4.79 Å². The zero-order chi connectivity index (χ0) is 12.2. The number of amides is 1. The third-order valence-electron chi connectivity index (χ3n) is 1.92. The fourth-order valence-electron chi connectivity index (χ4n) is 1.00. The number of ether oxygens (including phenoxy) is 3. The molecule has 1 unspecified atom stereocenters. The van der Waals surface area contributed by atoms with E-state index in [4.69, 9.17) is 14.2 Å². The van der Waals surface area contributed by atoms with Crippen LogP contribution in [0.1, 0.15) is 20.3 Å². The highest BCUT2D eigenvalue weighted by atomic mass is 16.5. The normalized spacial score (nSPS) is 12.4. The molecular formula is C11H23NO4. The summed E-state index contributed by atoms with van der Waals surface area (Å²) in [7, 11) is 1.62. The van der Waals surface area contributed by atoms with E-state index in [2.05, 4.69) is 5.32 Å². The largest absolute Gasteiger partial charge is 0.382 e. The molecule has 0 aliphatic heterocycles. The van der Waals surface area contributed by atoms with Crippen LogP contribution in [-0.4, -0.2) is 52.1 Å². The van der Waals surface area contributed by atoms with Crippen molar-refractivity contribution in [1.29, 1.82) is 0 Å². The molecule has 96 valence electrons. The number of hydrogen-bond donors (Lipinski definition) is 1. The number of nitrogens with one attached hydrogen (secondary N) is 1.